The van der Waals surface area contributed by atoms with Crippen molar-refractivity contribution in [2.75, 3.05) is 0 Å². The lowest BCUT2D eigenvalue weighted by atomic mass is 10.1. The molecule has 0 saturated carbocycles. The zero-order valence-electron chi connectivity index (χ0n) is 15.8. The summed E-state index contributed by atoms with van der Waals surface area (Å²) in [4.78, 5) is 0. The number of alkyl halides is 8. The van der Waals surface area contributed by atoms with E-state index in [9.17, 15) is 52.0 Å². The number of unbranched alkanes of at least 4 members (excludes halogenated alkanes) is 1. The SMILES string of the molecule is Cc1n(CCCCC(C)(F)F)cc[n+]1C.O=S(=O)([N-]S(=O)(=O)C(F)(F)F)C(F)(F)F. The fraction of sp³-hybridized carbons (Fsp3) is 0.769. The average Bonchev–Trinajstić information content (AvgIpc) is 2.80. The van der Waals surface area contributed by atoms with E-state index >= 15 is 0 Å². The molecule has 1 rings (SSSR count). The topological polar surface area (TPSA) is 91.2 Å². The number of hydrogen-bond donors (Lipinski definition) is 0. The van der Waals surface area contributed by atoms with Crippen LogP contribution in [0.3, 0.4) is 0 Å². The summed E-state index contributed by atoms with van der Waals surface area (Å²) in [6.45, 7) is 3.82. The highest BCUT2D eigenvalue weighted by atomic mass is 32.3. The lowest BCUT2D eigenvalue weighted by molar-refractivity contribution is -0.677. The van der Waals surface area contributed by atoms with E-state index in [1.165, 1.54) is 0 Å². The molecule has 0 saturated heterocycles. The van der Waals surface area contributed by atoms with Gasteiger partial charge < -0.3 is 4.13 Å². The van der Waals surface area contributed by atoms with Gasteiger partial charge in [0.15, 0.2) is 20.0 Å². The number of aryl methyl sites for hydroxylation is 2. The van der Waals surface area contributed by atoms with Crippen molar-refractivity contribution in [1.29, 1.82) is 0 Å². The number of aromatic nitrogens is 2. The van der Waals surface area contributed by atoms with Crippen LogP contribution in [0.15, 0.2) is 12.4 Å². The van der Waals surface area contributed by atoms with Gasteiger partial charge in [-0.1, -0.05) is 0 Å². The van der Waals surface area contributed by atoms with Gasteiger partial charge >= 0.3 is 11.0 Å². The molecular formula is C13H19F8N3O4S2. The van der Waals surface area contributed by atoms with Crippen LogP contribution in [0.1, 0.15) is 32.0 Å². The molecule has 0 aliphatic heterocycles. The third-order valence-corrected chi connectivity index (χ3v) is 6.18. The summed E-state index contributed by atoms with van der Waals surface area (Å²) < 4.78 is 138. The Labute approximate surface area is 167 Å². The Kier molecular flexibility index (Phi) is 9.27. The predicted molar refractivity (Wildman–Crippen MR) is 88.1 cm³/mol. The minimum absolute atomic E-state index is 0.0144. The molecule has 0 N–H and O–H groups in total. The number of hydrogen-bond acceptors (Lipinski definition) is 4. The Hall–Kier alpha value is -1.49. The van der Waals surface area contributed by atoms with Crippen LogP contribution in [0, 0.1) is 6.92 Å². The number of imidazole rings is 1. The van der Waals surface area contributed by atoms with Crippen molar-refractivity contribution in [3.05, 3.63) is 22.3 Å². The summed E-state index contributed by atoms with van der Waals surface area (Å²) in [5.74, 6) is -1.37. The van der Waals surface area contributed by atoms with Gasteiger partial charge in [0, 0.05) is 13.3 Å². The number of nitrogens with zero attached hydrogens (tertiary/aromatic N) is 3. The third kappa shape index (κ3) is 9.11. The van der Waals surface area contributed by atoms with Crippen molar-refractivity contribution in [1.82, 2.24) is 4.57 Å². The second kappa shape index (κ2) is 9.76. The zero-order chi connectivity index (χ0) is 24.2. The van der Waals surface area contributed by atoms with Crippen LogP contribution in [0.5, 0.6) is 0 Å². The van der Waals surface area contributed by atoms with Crippen molar-refractivity contribution in [3.8, 4) is 0 Å². The van der Waals surface area contributed by atoms with Crippen molar-refractivity contribution >= 4 is 20.0 Å². The molecule has 0 aromatic carbocycles. The van der Waals surface area contributed by atoms with Gasteiger partial charge in [0.1, 0.15) is 12.4 Å². The molecule has 30 heavy (non-hydrogen) atoms. The van der Waals surface area contributed by atoms with Crippen molar-refractivity contribution in [2.24, 2.45) is 7.05 Å². The van der Waals surface area contributed by atoms with Crippen molar-refractivity contribution in [2.45, 2.75) is 56.6 Å². The summed E-state index contributed by atoms with van der Waals surface area (Å²) >= 11 is 0. The van der Waals surface area contributed by atoms with E-state index in [4.69, 9.17) is 0 Å². The van der Waals surface area contributed by atoms with E-state index in [1.807, 2.05) is 30.9 Å². The van der Waals surface area contributed by atoms with Gasteiger partial charge in [0.05, 0.1) is 13.6 Å². The van der Waals surface area contributed by atoms with E-state index in [2.05, 4.69) is 4.57 Å². The van der Waals surface area contributed by atoms with Crippen LogP contribution in [0.25, 0.3) is 4.13 Å². The van der Waals surface area contributed by atoms with Gasteiger partial charge in [-0.3, -0.25) is 0 Å². The van der Waals surface area contributed by atoms with Crippen LogP contribution in [-0.2, 0) is 33.6 Å². The van der Waals surface area contributed by atoms with E-state index in [-0.39, 0.29) is 6.42 Å². The molecule has 0 atom stereocenters. The fourth-order valence-electron chi connectivity index (χ4n) is 1.77. The summed E-state index contributed by atoms with van der Waals surface area (Å²) in [5.41, 5.74) is -12.4. The van der Waals surface area contributed by atoms with E-state index in [0.29, 0.717) is 6.42 Å². The first kappa shape index (κ1) is 28.5. The Morgan fingerprint density at radius 1 is 0.933 bits per heavy atom. The highest BCUT2D eigenvalue weighted by Crippen LogP contribution is 2.36. The summed E-state index contributed by atoms with van der Waals surface area (Å²) in [5, 5.41) is 0. The molecule has 0 radical (unpaired) electrons. The average molecular weight is 497 g/mol. The van der Waals surface area contributed by atoms with Gasteiger partial charge in [0.2, 0.25) is 5.92 Å². The lowest BCUT2D eigenvalue weighted by Gasteiger charge is -2.22. The maximum atomic E-state index is 12.5. The highest BCUT2D eigenvalue weighted by molar-refractivity contribution is 8.13. The molecule has 17 heteroatoms. The fourth-order valence-corrected chi connectivity index (χ4v) is 3.48. The number of rotatable bonds is 7. The van der Waals surface area contributed by atoms with Crippen molar-refractivity contribution < 1.29 is 56.5 Å². The molecule has 0 bridgehead atoms. The molecule has 1 aromatic rings. The van der Waals surface area contributed by atoms with Crippen LogP contribution in [0.4, 0.5) is 35.1 Å². The highest BCUT2D eigenvalue weighted by Gasteiger charge is 2.46. The Balaban J connectivity index is 0.000000561. The molecule has 178 valence electrons. The summed E-state index contributed by atoms with van der Waals surface area (Å²) in [6.07, 6.45) is 5.33. The van der Waals surface area contributed by atoms with Crippen LogP contribution in [-0.4, -0.2) is 38.3 Å². The molecule has 0 aliphatic carbocycles. The van der Waals surface area contributed by atoms with Crippen LogP contribution < -0.4 is 4.57 Å². The standard InChI is InChI=1S/C11H19F2N2.C2F6NO4S2/c1-10-14(3)8-9-15(10)7-5-4-6-11(2,12)13;3-1(4,5)14(10,11)9-15(12,13)2(6,7)8/h8-9H,4-7H2,1-3H3;/q+1;-1. The van der Waals surface area contributed by atoms with Gasteiger partial charge in [-0.15, -0.1) is 0 Å². The lowest BCUT2D eigenvalue weighted by Crippen LogP contribution is -2.30. The van der Waals surface area contributed by atoms with Gasteiger partial charge in [-0.05, 0) is 19.8 Å². The Morgan fingerprint density at radius 3 is 1.67 bits per heavy atom. The number of halogens is 8. The molecule has 0 amide bonds. The first-order chi connectivity index (χ1) is 13.1. The monoisotopic (exact) mass is 497 g/mol. The molecule has 7 nitrogen and oxygen atoms in total. The molecular weight excluding hydrogens is 478 g/mol. The maximum absolute atomic E-state index is 12.5. The van der Waals surface area contributed by atoms with Crippen LogP contribution >= 0.6 is 0 Å². The molecule has 1 heterocycles. The first-order valence-corrected chi connectivity index (χ1v) is 10.7. The summed E-state index contributed by atoms with van der Waals surface area (Å²) in [7, 11) is -11.5. The van der Waals surface area contributed by atoms with Gasteiger partial charge in [-0.25, -0.2) is 34.8 Å². The van der Waals surface area contributed by atoms with E-state index in [1.54, 1.807) is 0 Å². The number of sulfonamides is 2. The first-order valence-electron chi connectivity index (χ1n) is 7.87. The quantitative estimate of drug-likeness (QED) is 0.328. The minimum Gasteiger partial charge on any atom is -0.421 e. The predicted octanol–water partition coefficient (Wildman–Crippen LogP) is 3.51. The molecule has 0 fully saturated rings. The zero-order valence-corrected chi connectivity index (χ0v) is 17.4. The molecule has 0 spiro atoms. The smallest absolute Gasteiger partial charge is 0.421 e. The minimum atomic E-state index is -6.72. The largest absolute Gasteiger partial charge is 0.480 e. The van der Waals surface area contributed by atoms with E-state index < -0.39 is 37.0 Å². The normalized spacial score (nSPS) is 13.7. The summed E-state index contributed by atoms with van der Waals surface area (Å²) in [6, 6.07) is 0. The van der Waals surface area contributed by atoms with Crippen LogP contribution in [0.2, 0.25) is 0 Å². The Morgan fingerprint density at radius 2 is 1.37 bits per heavy atom. The molecule has 0 unspecified atom stereocenters. The Bertz CT molecular complexity index is 858. The van der Waals surface area contributed by atoms with Gasteiger partial charge in [-0.2, -0.15) is 26.3 Å². The van der Waals surface area contributed by atoms with E-state index in [0.717, 1.165) is 29.8 Å². The molecule has 0 aliphatic rings. The van der Waals surface area contributed by atoms with Gasteiger partial charge in [0.25, 0.3) is 5.82 Å². The molecule has 1 aromatic heterocycles. The second-order valence-electron chi connectivity index (χ2n) is 6.09. The third-order valence-electron chi connectivity index (χ3n) is 3.44. The second-order valence-corrected chi connectivity index (χ2v) is 9.52. The maximum Gasteiger partial charge on any atom is 0.480 e. The van der Waals surface area contributed by atoms with Crippen molar-refractivity contribution in [3.63, 3.8) is 0 Å².